The Morgan fingerprint density at radius 2 is 1.69 bits per heavy atom. The highest BCUT2D eigenvalue weighted by Gasteiger charge is 2.60. The van der Waals surface area contributed by atoms with Gasteiger partial charge in [-0.05, 0) is 121 Å². The van der Waals surface area contributed by atoms with E-state index in [-0.39, 0.29) is 6.10 Å². The molecule has 4 fully saturated rings. The summed E-state index contributed by atoms with van der Waals surface area (Å²) in [5.74, 6) is 5.65. The Morgan fingerprint density at radius 1 is 0.962 bits per heavy atom. The van der Waals surface area contributed by atoms with E-state index in [4.69, 9.17) is 0 Å². The molecule has 26 heavy (non-hydrogen) atoms. The Hall–Kier alpha value is 0.690. The van der Waals surface area contributed by atoms with Crippen LogP contribution in [0.15, 0.2) is 0 Å². The van der Waals surface area contributed by atoms with Crippen molar-refractivity contribution < 1.29 is 5.11 Å². The lowest BCUT2D eigenvalue weighted by atomic mass is 9.44. The average Bonchev–Trinajstić information content (AvgIpc) is 2.97. The van der Waals surface area contributed by atoms with E-state index in [2.05, 4.69) is 43.4 Å². The summed E-state index contributed by atoms with van der Waals surface area (Å²) >= 11 is 2.55. The Labute approximate surface area is 175 Å². The number of aliphatic hydroxyl groups excluding tert-OH is 1. The quantitative estimate of drug-likeness (QED) is 0.350. The van der Waals surface area contributed by atoms with Crippen LogP contribution in [0.25, 0.3) is 0 Å². The lowest BCUT2D eigenvalue weighted by Crippen LogP contribution is -2.54. The molecule has 1 nitrogen and oxygen atoms in total. The summed E-state index contributed by atoms with van der Waals surface area (Å²) in [5.41, 5.74) is 1.16. The highest BCUT2D eigenvalue weighted by Crippen LogP contribution is 2.68. The largest absolute Gasteiger partial charge is 0.393 e. The van der Waals surface area contributed by atoms with Crippen molar-refractivity contribution in [3.8, 4) is 0 Å². The van der Waals surface area contributed by atoms with Gasteiger partial charge < -0.3 is 5.11 Å². The minimum absolute atomic E-state index is 0.00639. The molecule has 0 saturated heterocycles. The normalized spacial score (nSPS) is 52.0. The van der Waals surface area contributed by atoms with Crippen molar-refractivity contribution in [2.45, 2.75) is 97.5 Å². The third kappa shape index (κ3) is 3.12. The lowest BCUT2D eigenvalue weighted by molar-refractivity contribution is -0.129. The summed E-state index contributed by atoms with van der Waals surface area (Å²) in [4.78, 5) is 0. The Morgan fingerprint density at radius 3 is 2.46 bits per heavy atom. The van der Waals surface area contributed by atoms with Crippen molar-refractivity contribution in [3.05, 3.63) is 0 Å². The standard InChI is InChI=1S/C24H41IO/c1-16(5-4-14-25)20-8-9-21-19-7-6-17-15-18(26)10-12-23(17,2)22(19)11-13-24(20,21)3/h16-22,26H,4-15H2,1-3H3/t16-,17+,18+,19?,20?,21?,22?,23?,24?/m1/s1. The van der Waals surface area contributed by atoms with Gasteiger partial charge in [-0.3, -0.25) is 0 Å². The first-order chi connectivity index (χ1) is 12.4. The van der Waals surface area contributed by atoms with Crippen LogP contribution >= 0.6 is 22.6 Å². The number of fused-ring (bicyclic) bond motifs is 5. The zero-order valence-electron chi connectivity index (χ0n) is 17.4. The highest BCUT2D eigenvalue weighted by molar-refractivity contribution is 14.1. The van der Waals surface area contributed by atoms with Gasteiger partial charge in [0.05, 0.1) is 6.10 Å². The molecule has 1 N–H and O–H groups in total. The number of rotatable bonds is 4. The Kier molecular flexibility index (Phi) is 5.77. The van der Waals surface area contributed by atoms with Crippen molar-refractivity contribution in [2.75, 3.05) is 4.43 Å². The van der Waals surface area contributed by atoms with E-state index in [0.717, 1.165) is 48.3 Å². The van der Waals surface area contributed by atoms with Crippen LogP contribution in [-0.2, 0) is 0 Å². The first kappa shape index (κ1) is 20.0. The molecule has 0 aromatic rings. The predicted octanol–water partition coefficient (Wildman–Crippen LogP) is 6.86. The van der Waals surface area contributed by atoms with Crippen LogP contribution in [-0.4, -0.2) is 15.6 Å². The molecule has 2 heteroatoms. The number of halogens is 1. The van der Waals surface area contributed by atoms with Gasteiger partial charge in [0.15, 0.2) is 0 Å². The molecule has 0 spiro atoms. The fraction of sp³-hybridized carbons (Fsp3) is 1.00. The summed E-state index contributed by atoms with van der Waals surface area (Å²) in [7, 11) is 0. The van der Waals surface area contributed by atoms with Crippen molar-refractivity contribution in [3.63, 3.8) is 0 Å². The van der Waals surface area contributed by atoms with Gasteiger partial charge in [0.1, 0.15) is 0 Å². The molecule has 0 radical (unpaired) electrons. The second kappa shape index (κ2) is 7.50. The molecule has 9 atom stereocenters. The smallest absolute Gasteiger partial charge is 0.0543 e. The minimum atomic E-state index is -0.00639. The van der Waals surface area contributed by atoms with Gasteiger partial charge in [0.25, 0.3) is 0 Å². The van der Waals surface area contributed by atoms with E-state index >= 15 is 0 Å². The van der Waals surface area contributed by atoms with Gasteiger partial charge >= 0.3 is 0 Å². The average molecular weight is 472 g/mol. The van der Waals surface area contributed by atoms with Crippen LogP contribution in [0.3, 0.4) is 0 Å². The molecular formula is C24H41IO. The summed E-state index contributed by atoms with van der Waals surface area (Å²) in [6, 6.07) is 0. The van der Waals surface area contributed by atoms with Crippen LogP contribution in [0, 0.1) is 46.3 Å². The molecule has 0 aliphatic heterocycles. The fourth-order valence-electron chi connectivity index (χ4n) is 8.81. The molecule has 0 aromatic carbocycles. The molecule has 6 unspecified atom stereocenters. The summed E-state index contributed by atoms with van der Waals surface area (Å²) < 4.78 is 1.32. The molecule has 0 heterocycles. The second-order valence-corrected chi connectivity index (χ2v) is 12.2. The maximum Gasteiger partial charge on any atom is 0.0543 e. The maximum atomic E-state index is 10.2. The van der Waals surface area contributed by atoms with Crippen molar-refractivity contribution in [2.24, 2.45) is 46.3 Å². The number of alkyl halides is 1. The molecular weight excluding hydrogens is 431 g/mol. The third-order valence-electron chi connectivity index (χ3n) is 10.2. The van der Waals surface area contributed by atoms with E-state index in [1.54, 1.807) is 0 Å². The van der Waals surface area contributed by atoms with Gasteiger partial charge in [-0.1, -0.05) is 43.4 Å². The molecule has 0 amide bonds. The molecule has 4 saturated carbocycles. The summed E-state index contributed by atoms with van der Waals surface area (Å²) in [5, 5.41) is 10.2. The van der Waals surface area contributed by atoms with Gasteiger partial charge in [0.2, 0.25) is 0 Å². The molecule has 0 aromatic heterocycles. The van der Waals surface area contributed by atoms with Crippen LogP contribution in [0.1, 0.15) is 91.4 Å². The van der Waals surface area contributed by atoms with E-state index in [1.165, 1.54) is 62.2 Å². The van der Waals surface area contributed by atoms with Gasteiger partial charge in [-0.15, -0.1) is 0 Å². The molecule has 4 rings (SSSR count). The molecule has 4 aliphatic rings. The predicted molar refractivity (Wildman–Crippen MR) is 119 cm³/mol. The summed E-state index contributed by atoms with van der Waals surface area (Å²) in [6.45, 7) is 7.89. The SMILES string of the molecule is C[C@H](CCCI)C1CCC2C3CC[C@H]4C[C@@H](O)CCC4(C)C3CCC21C. The second-order valence-electron chi connectivity index (χ2n) is 11.1. The van der Waals surface area contributed by atoms with E-state index < -0.39 is 0 Å². The van der Waals surface area contributed by atoms with Crippen molar-refractivity contribution in [1.29, 1.82) is 0 Å². The summed E-state index contributed by atoms with van der Waals surface area (Å²) in [6.07, 6.45) is 15.2. The zero-order valence-corrected chi connectivity index (χ0v) is 19.5. The van der Waals surface area contributed by atoms with E-state index in [0.29, 0.717) is 10.8 Å². The van der Waals surface area contributed by atoms with Crippen molar-refractivity contribution >= 4 is 22.6 Å². The Bertz CT molecular complexity index is 506. The van der Waals surface area contributed by atoms with Gasteiger partial charge in [-0.2, -0.15) is 0 Å². The molecule has 0 bridgehead atoms. The first-order valence-corrected chi connectivity index (χ1v) is 13.2. The number of aliphatic hydroxyl groups is 1. The van der Waals surface area contributed by atoms with Crippen LogP contribution in [0.5, 0.6) is 0 Å². The first-order valence-electron chi connectivity index (χ1n) is 11.6. The molecule has 150 valence electrons. The third-order valence-corrected chi connectivity index (χ3v) is 11.0. The highest BCUT2D eigenvalue weighted by atomic mass is 127. The minimum Gasteiger partial charge on any atom is -0.393 e. The van der Waals surface area contributed by atoms with E-state index in [1.807, 2.05) is 0 Å². The van der Waals surface area contributed by atoms with Crippen molar-refractivity contribution in [1.82, 2.24) is 0 Å². The fourth-order valence-corrected chi connectivity index (χ4v) is 9.25. The lowest BCUT2D eigenvalue weighted by Gasteiger charge is -2.61. The Balaban J connectivity index is 1.52. The van der Waals surface area contributed by atoms with E-state index in [9.17, 15) is 5.11 Å². The monoisotopic (exact) mass is 472 g/mol. The van der Waals surface area contributed by atoms with Crippen LogP contribution in [0.4, 0.5) is 0 Å². The van der Waals surface area contributed by atoms with Crippen LogP contribution < -0.4 is 0 Å². The topological polar surface area (TPSA) is 20.2 Å². The van der Waals surface area contributed by atoms with Gasteiger partial charge in [-0.25, -0.2) is 0 Å². The van der Waals surface area contributed by atoms with Gasteiger partial charge in [0, 0.05) is 0 Å². The number of hydrogen-bond donors (Lipinski definition) is 1. The number of hydrogen-bond acceptors (Lipinski definition) is 1. The zero-order chi connectivity index (χ0) is 18.5. The van der Waals surface area contributed by atoms with Crippen LogP contribution in [0.2, 0.25) is 0 Å². The molecule has 4 aliphatic carbocycles. The maximum absolute atomic E-state index is 10.2.